The van der Waals surface area contributed by atoms with E-state index in [1.807, 2.05) is 13.8 Å². The highest BCUT2D eigenvalue weighted by atomic mass is 16.2. The molecule has 0 bridgehead atoms. The van der Waals surface area contributed by atoms with Gasteiger partial charge in [-0.25, -0.2) is 4.79 Å². The van der Waals surface area contributed by atoms with Crippen molar-refractivity contribution in [3.8, 4) is 0 Å². The number of hydrogen-bond acceptors (Lipinski definition) is 3. The summed E-state index contributed by atoms with van der Waals surface area (Å²) < 4.78 is 0. The van der Waals surface area contributed by atoms with Crippen molar-refractivity contribution in [2.75, 3.05) is 24.1 Å². The minimum atomic E-state index is -0.354. The van der Waals surface area contributed by atoms with Crippen LogP contribution in [-0.4, -0.2) is 25.0 Å². The first-order valence-corrected chi connectivity index (χ1v) is 6.64. The van der Waals surface area contributed by atoms with Crippen LogP contribution in [-0.2, 0) is 4.79 Å². The normalized spacial score (nSPS) is 10.2. The van der Waals surface area contributed by atoms with E-state index < -0.39 is 0 Å². The van der Waals surface area contributed by atoms with Gasteiger partial charge in [-0.05, 0) is 24.1 Å². The quantitative estimate of drug-likeness (QED) is 0.594. The summed E-state index contributed by atoms with van der Waals surface area (Å²) in [6.45, 7) is 4.99. The first-order valence-electron chi connectivity index (χ1n) is 6.64. The zero-order valence-electron chi connectivity index (χ0n) is 11.9. The van der Waals surface area contributed by atoms with Crippen LogP contribution in [0, 0.1) is 5.92 Å². The highest BCUT2D eigenvalue weighted by molar-refractivity contribution is 5.90. The predicted molar refractivity (Wildman–Crippen MR) is 80.3 cm³/mol. The minimum Gasteiger partial charge on any atom is -0.399 e. The van der Waals surface area contributed by atoms with E-state index in [1.54, 1.807) is 24.3 Å². The van der Waals surface area contributed by atoms with E-state index in [0.717, 1.165) is 0 Å². The molecule has 0 heterocycles. The number of hydrogen-bond donors (Lipinski definition) is 4. The summed E-state index contributed by atoms with van der Waals surface area (Å²) in [5.74, 6) is 0.349. The molecule has 110 valence electrons. The summed E-state index contributed by atoms with van der Waals surface area (Å²) in [5.41, 5.74) is 6.80. The molecule has 6 heteroatoms. The van der Waals surface area contributed by atoms with Crippen LogP contribution >= 0.6 is 0 Å². The first-order chi connectivity index (χ1) is 9.47. The van der Waals surface area contributed by atoms with Gasteiger partial charge in [0.1, 0.15) is 0 Å². The van der Waals surface area contributed by atoms with Gasteiger partial charge in [0.05, 0.1) is 0 Å². The Morgan fingerprint density at radius 2 is 2.00 bits per heavy atom. The lowest BCUT2D eigenvalue weighted by molar-refractivity contribution is -0.121. The molecule has 6 nitrogen and oxygen atoms in total. The maximum absolute atomic E-state index is 11.6. The van der Waals surface area contributed by atoms with Crippen molar-refractivity contribution in [1.29, 1.82) is 0 Å². The van der Waals surface area contributed by atoms with Crippen molar-refractivity contribution >= 4 is 23.3 Å². The second-order valence-corrected chi connectivity index (χ2v) is 4.95. The standard InChI is InChI=1S/C14H22N4O2/c1-10(2)9-17-13(19)6-7-16-14(20)18-12-5-3-4-11(15)8-12/h3-5,8,10H,6-7,9,15H2,1-2H3,(H,17,19)(H2,16,18,20). The van der Waals surface area contributed by atoms with Gasteiger partial charge in [0.2, 0.25) is 5.91 Å². The number of rotatable bonds is 6. The molecule has 0 saturated carbocycles. The maximum atomic E-state index is 11.6. The van der Waals surface area contributed by atoms with E-state index in [9.17, 15) is 9.59 Å². The number of urea groups is 1. The average Bonchev–Trinajstić information content (AvgIpc) is 2.36. The number of amides is 3. The zero-order valence-corrected chi connectivity index (χ0v) is 11.9. The fraction of sp³-hybridized carbons (Fsp3) is 0.429. The fourth-order valence-electron chi connectivity index (χ4n) is 1.49. The van der Waals surface area contributed by atoms with Gasteiger partial charge >= 0.3 is 6.03 Å². The molecule has 0 spiro atoms. The molecule has 1 rings (SSSR count). The van der Waals surface area contributed by atoms with Crippen LogP contribution in [0.4, 0.5) is 16.2 Å². The Labute approximate surface area is 119 Å². The third-order valence-electron chi connectivity index (χ3n) is 2.49. The Morgan fingerprint density at radius 1 is 1.25 bits per heavy atom. The SMILES string of the molecule is CC(C)CNC(=O)CCNC(=O)Nc1cccc(N)c1. The van der Waals surface area contributed by atoms with Crippen LogP contribution in [0.5, 0.6) is 0 Å². The molecule has 1 aromatic rings. The summed E-state index contributed by atoms with van der Waals surface area (Å²) in [4.78, 5) is 23.0. The Balaban J connectivity index is 2.22. The number of carbonyl (C=O) groups is 2. The summed E-state index contributed by atoms with van der Waals surface area (Å²) >= 11 is 0. The van der Waals surface area contributed by atoms with E-state index >= 15 is 0 Å². The second-order valence-electron chi connectivity index (χ2n) is 4.95. The Kier molecular flexibility index (Phi) is 6.36. The van der Waals surface area contributed by atoms with Gasteiger partial charge in [0, 0.05) is 30.9 Å². The lowest BCUT2D eigenvalue weighted by atomic mass is 10.2. The molecule has 0 aromatic heterocycles. The van der Waals surface area contributed by atoms with Crippen LogP contribution < -0.4 is 21.7 Å². The maximum Gasteiger partial charge on any atom is 0.319 e. The molecule has 0 atom stereocenters. The molecule has 0 fully saturated rings. The first kappa shape index (κ1) is 15.8. The summed E-state index contributed by atoms with van der Waals surface area (Å²) in [7, 11) is 0. The number of nitrogen functional groups attached to an aromatic ring is 1. The average molecular weight is 278 g/mol. The van der Waals surface area contributed by atoms with Crippen molar-refractivity contribution in [2.45, 2.75) is 20.3 Å². The molecule has 3 amide bonds. The highest BCUT2D eigenvalue weighted by Crippen LogP contribution is 2.11. The smallest absolute Gasteiger partial charge is 0.319 e. The molecule has 0 radical (unpaired) electrons. The topological polar surface area (TPSA) is 96.2 Å². The Hall–Kier alpha value is -2.24. The number of anilines is 2. The van der Waals surface area contributed by atoms with E-state index in [1.165, 1.54) is 0 Å². The fourth-order valence-corrected chi connectivity index (χ4v) is 1.49. The predicted octanol–water partition coefficient (Wildman–Crippen LogP) is 1.55. The molecule has 5 N–H and O–H groups in total. The molecule has 0 aliphatic heterocycles. The van der Waals surface area contributed by atoms with Gasteiger partial charge in [0.15, 0.2) is 0 Å². The van der Waals surface area contributed by atoms with Crippen LogP contribution in [0.25, 0.3) is 0 Å². The van der Waals surface area contributed by atoms with E-state index in [4.69, 9.17) is 5.73 Å². The van der Waals surface area contributed by atoms with Crippen molar-refractivity contribution in [3.05, 3.63) is 24.3 Å². The van der Waals surface area contributed by atoms with Crippen LogP contribution in [0.3, 0.4) is 0 Å². The van der Waals surface area contributed by atoms with Crippen LogP contribution in [0.2, 0.25) is 0 Å². The largest absolute Gasteiger partial charge is 0.399 e. The Morgan fingerprint density at radius 3 is 2.65 bits per heavy atom. The van der Waals surface area contributed by atoms with Gasteiger partial charge in [-0.1, -0.05) is 19.9 Å². The van der Waals surface area contributed by atoms with E-state index in [-0.39, 0.29) is 24.9 Å². The lowest BCUT2D eigenvalue weighted by Gasteiger charge is -2.09. The molecule has 0 aliphatic rings. The monoisotopic (exact) mass is 278 g/mol. The summed E-state index contributed by atoms with van der Waals surface area (Å²) in [6.07, 6.45) is 0.261. The molecule has 0 aliphatic carbocycles. The summed E-state index contributed by atoms with van der Waals surface area (Å²) in [6, 6.07) is 6.54. The van der Waals surface area contributed by atoms with Crippen molar-refractivity contribution in [2.24, 2.45) is 5.92 Å². The van der Waals surface area contributed by atoms with Gasteiger partial charge < -0.3 is 21.7 Å². The lowest BCUT2D eigenvalue weighted by Crippen LogP contribution is -2.34. The molecule has 20 heavy (non-hydrogen) atoms. The minimum absolute atomic E-state index is 0.0667. The van der Waals surface area contributed by atoms with Crippen LogP contribution in [0.15, 0.2) is 24.3 Å². The second kappa shape index (κ2) is 8.04. The van der Waals surface area contributed by atoms with Gasteiger partial charge in [0.25, 0.3) is 0 Å². The third kappa shape index (κ3) is 6.63. The molecule has 0 saturated heterocycles. The molecule has 0 unspecified atom stereocenters. The number of carbonyl (C=O) groups excluding carboxylic acids is 2. The van der Waals surface area contributed by atoms with Gasteiger partial charge in [-0.15, -0.1) is 0 Å². The molecular weight excluding hydrogens is 256 g/mol. The van der Waals surface area contributed by atoms with Crippen molar-refractivity contribution < 1.29 is 9.59 Å². The van der Waals surface area contributed by atoms with E-state index in [0.29, 0.717) is 23.8 Å². The molecular formula is C14H22N4O2. The Bertz CT molecular complexity index is 460. The number of nitrogens with one attached hydrogen (secondary N) is 3. The highest BCUT2D eigenvalue weighted by Gasteiger charge is 2.05. The van der Waals surface area contributed by atoms with Crippen LogP contribution in [0.1, 0.15) is 20.3 Å². The summed E-state index contributed by atoms with van der Waals surface area (Å²) in [5, 5.41) is 8.05. The zero-order chi connectivity index (χ0) is 15.0. The van der Waals surface area contributed by atoms with E-state index in [2.05, 4.69) is 16.0 Å². The van der Waals surface area contributed by atoms with Gasteiger partial charge in [-0.3, -0.25) is 4.79 Å². The van der Waals surface area contributed by atoms with Gasteiger partial charge in [-0.2, -0.15) is 0 Å². The van der Waals surface area contributed by atoms with Crippen molar-refractivity contribution in [3.63, 3.8) is 0 Å². The molecule has 1 aromatic carbocycles. The third-order valence-corrected chi connectivity index (χ3v) is 2.49. The number of nitrogens with two attached hydrogens (primary N) is 1. The number of benzene rings is 1. The van der Waals surface area contributed by atoms with Crippen molar-refractivity contribution in [1.82, 2.24) is 10.6 Å².